The van der Waals surface area contributed by atoms with Crippen LogP contribution in [0.3, 0.4) is 0 Å². The molecule has 4 amide bonds. The minimum Gasteiger partial charge on any atom is -0.361 e. The van der Waals surface area contributed by atoms with Gasteiger partial charge in [-0.3, -0.25) is 14.5 Å². The Labute approximate surface area is 160 Å². The number of fused-ring (bicyclic) bond motifs is 1. The van der Waals surface area contributed by atoms with Gasteiger partial charge in [0.15, 0.2) is 0 Å². The summed E-state index contributed by atoms with van der Waals surface area (Å²) in [5.74, 6) is 0.479. The standard InChI is InChI=1S/C18H20N4O4S/c1-10-13(11(2)26-20-10)9-15(23)21-6-3-12(4-7-21)22-17(24)16-14(5-8-27-16)19-18(22)25/h5,8,12,16H,3-4,6-7,9H2,1-2H3. The summed E-state index contributed by atoms with van der Waals surface area (Å²) in [4.78, 5) is 44.7. The van der Waals surface area contributed by atoms with Gasteiger partial charge in [-0.15, -0.1) is 11.8 Å². The van der Waals surface area contributed by atoms with E-state index in [1.54, 1.807) is 23.3 Å². The largest absolute Gasteiger partial charge is 0.361 e. The van der Waals surface area contributed by atoms with Crippen LogP contribution in [0.4, 0.5) is 4.79 Å². The summed E-state index contributed by atoms with van der Waals surface area (Å²) in [6.07, 6.45) is 3.12. The Kier molecular flexibility index (Phi) is 4.63. The van der Waals surface area contributed by atoms with Gasteiger partial charge in [-0.05, 0) is 38.2 Å². The number of nitrogens with zero attached hydrogens (tertiary/aromatic N) is 4. The van der Waals surface area contributed by atoms with Crippen molar-refractivity contribution >= 4 is 35.3 Å². The number of hydrogen-bond acceptors (Lipinski definition) is 6. The van der Waals surface area contributed by atoms with Gasteiger partial charge in [0.25, 0.3) is 5.91 Å². The molecule has 27 heavy (non-hydrogen) atoms. The number of carbonyl (C=O) groups excluding carboxylic acids is 3. The number of piperidine rings is 1. The van der Waals surface area contributed by atoms with Crippen LogP contribution in [0.1, 0.15) is 29.9 Å². The lowest BCUT2D eigenvalue weighted by Gasteiger charge is -2.38. The molecule has 4 heterocycles. The lowest BCUT2D eigenvalue weighted by atomic mass is 10.0. The van der Waals surface area contributed by atoms with Crippen molar-refractivity contribution in [3.8, 4) is 0 Å². The van der Waals surface area contributed by atoms with Crippen molar-refractivity contribution in [3.63, 3.8) is 0 Å². The second-order valence-electron chi connectivity index (χ2n) is 6.94. The molecule has 0 bridgehead atoms. The van der Waals surface area contributed by atoms with Crippen LogP contribution in [0.2, 0.25) is 0 Å². The highest BCUT2D eigenvalue weighted by Gasteiger charge is 2.42. The molecule has 3 aliphatic rings. The maximum Gasteiger partial charge on any atom is 0.350 e. The zero-order valence-corrected chi connectivity index (χ0v) is 16.0. The first-order valence-corrected chi connectivity index (χ1v) is 9.87. The van der Waals surface area contributed by atoms with Gasteiger partial charge in [0.2, 0.25) is 5.91 Å². The van der Waals surface area contributed by atoms with E-state index in [1.165, 1.54) is 16.7 Å². The number of likely N-dealkylation sites (tertiary alicyclic amines) is 1. The zero-order chi connectivity index (χ0) is 19.1. The van der Waals surface area contributed by atoms with Crippen molar-refractivity contribution in [3.05, 3.63) is 28.5 Å². The Hall–Kier alpha value is -2.42. The third kappa shape index (κ3) is 3.20. The number of urea groups is 1. The number of aliphatic imine (C=N–C) groups is 1. The Morgan fingerprint density at radius 3 is 2.70 bits per heavy atom. The molecular formula is C18H20N4O4S. The van der Waals surface area contributed by atoms with E-state index in [0.717, 1.165) is 11.3 Å². The van der Waals surface area contributed by atoms with E-state index >= 15 is 0 Å². The molecule has 1 atom stereocenters. The second-order valence-corrected chi connectivity index (χ2v) is 7.95. The average Bonchev–Trinajstić information content (AvgIpc) is 3.24. The van der Waals surface area contributed by atoms with E-state index < -0.39 is 11.3 Å². The van der Waals surface area contributed by atoms with Crippen LogP contribution in [0, 0.1) is 13.8 Å². The van der Waals surface area contributed by atoms with Gasteiger partial charge in [-0.1, -0.05) is 5.16 Å². The lowest BCUT2D eigenvalue weighted by Crippen LogP contribution is -2.55. The number of aryl methyl sites for hydroxylation is 2. The predicted octanol–water partition coefficient (Wildman–Crippen LogP) is 1.86. The van der Waals surface area contributed by atoms with E-state index in [-0.39, 0.29) is 24.3 Å². The molecule has 3 aliphatic heterocycles. The minimum absolute atomic E-state index is 0.00926. The van der Waals surface area contributed by atoms with Crippen molar-refractivity contribution in [2.45, 2.75) is 44.4 Å². The van der Waals surface area contributed by atoms with Crippen molar-refractivity contribution in [2.75, 3.05) is 13.1 Å². The molecule has 0 aromatic carbocycles. The summed E-state index contributed by atoms with van der Waals surface area (Å²) in [6.45, 7) is 4.64. The molecule has 0 saturated carbocycles. The SMILES string of the molecule is Cc1noc(C)c1CC(=O)N1CCC(N2C(=O)N=C3C=CSC3C2=O)CC1. The summed E-state index contributed by atoms with van der Waals surface area (Å²) < 4.78 is 5.12. The van der Waals surface area contributed by atoms with E-state index in [1.807, 2.05) is 6.92 Å². The summed E-state index contributed by atoms with van der Waals surface area (Å²) in [5, 5.41) is 5.28. The van der Waals surface area contributed by atoms with E-state index in [2.05, 4.69) is 10.1 Å². The first-order valence-electron chi connectivity index (χ1n) is 8.93. The van der Waals surface area contributed by atoms with Crippen LogP contribution in [-0.4, -0.2) is 62.9 Å². The van der Waals surface area contributed by atoms with Crippen molar-refractivity contribution in [1.29, 1.82) is 0 Å². The van der Waals surface area contributed by atoms with Gasteiger partial charge < -0.3 is 9.42 Å². The van der Waals surface area contributed by atoms with Crippen LogP contribution in [0.5, 0.6) is 0 Å². The number of amides is 4. The van der Waals surface area contributed by atoms with Crippen LogP contribution >= 0.6 is 11.8 Å². The lowest BCUT2D eigenvalue weighted by molar-refractivity contribution is -0.133. The number of thioether (sulfide) groups is 1. The quantitative estimate of drug-likeness (QED) is 0.784. The average molecular weight is 388 g/mol. The third-order valence-corrected chi connectivity index (χ3v) is 6.31. The first-order chi connectivity index (χ1) is 13.0. The monoisotopic (exact) mass is 388 g/mol. The molecule has 1 aromatic heterocycles. The molecular weight excluding hydrogens is 368 g/mol. The molecule has 0 spiro atoms. The number of imide groups is 1. The molecule has 1 saturated heterocycles. The van der Waals surface area contributed by atoms with E-state index in [9.17, 15) is 14.4 Å². The fourth-order valence-electron chi connectivity index (χ4n) is 3.74. The van der Waals surface area contributed by atoms with Gasteiger partial charge in [0.05, 0.1) is 17.8 Å². The van der Waals surface area contributed by atoms with Gasteiger partial charge in [-0.25, -0.2) is 4.79 Å². The number of rotatable bonds is 3. The highest BCUT2D eigenvalue weighted by molar-refractivity contribution is 8.04. The van der Waals surface area contributed by atoms with Crippen molar-refractivity contribution < 1.29 is 18.9 Å². The van der Waals surface area contributed by atoms with E-state index in [0.29, 0.717) is 37.4 Å². The summed E-state index contributed by atoms with van der Waals surface area (Å²) in [7, 11) is 0. The number of allylic oxidation sites excluding steroid dienone is 1. The molecule has 0 aliphatic carbocycles. The number of carbonyl (C=O) groups is 3. The maximum atomic E-state index is 12.7. The summed E-state index contributed by atoms with van der Waals surface area (Å²) in [6, 6.07) is -0.696. The molecule has 1 unspecified atom stereocenters. The van der Waals surface area contributed by atoms with Gasteiger partial charge in [0, 0.05) is 24.7 Å². The number of hydrogen-bond donors (Lipinski definition) is 0. The Bertz CT molecular complexity index is 847. The Morgan fingerprint density at radius 2 is 2.04 bits per heavy atom. The summed E-state index contributed by atoms with van der Waals surface area (Å²) in [5.41, 5.74) is 2.10. The smallest absolute Gasteiger partial charge is 0.350 e. The minimum atomic E-state index is -0.487. The third-order valence-electron chi connectivity index (χ3n) is 5.31. The number of aromatic nitrogens is 1. The molecule has 142 valence electrons. The normalized spacial score (nSPS) is 23.0. The van der Waals surface area contributed by atoms with Crippen LogP contribution in [-0.2, 0) is 16.0 Å². The highest BCUT2D eigenvalue weighted by Crippen LogP contribution is 2.31. The second kappa shape index (κ2) is 6.95. The molecule has 9 heteroatoms. The van der Waals surface area contributed by atoms with Crippen LogP contribution in [0.15, 0.2) is 21.0 Å². The zero-order valence-electron chi connectivity index (χ0n) is 15.2. The van der Waals surface area contributed by atoms with Gasteiger partial charge in [0.1, 0.15) is 11.0 Å². The van der Waals surface area contributed by atoms with Crippen LogP contribution in [0.25, 0.3) is 0 Å². The fraction of sp³-hybridized carbons (Fsp3) is 0.500. The fourth-order valence-corrected chi connectivity index (χ4v) is 4.61. The Balaban J connectivity index is 1.38. The topological polar surface area (TPSA) is 96.1 Å². The molecule has 8 nitrogen and oxygen atoms in total. The first kappa shape index (κ1) is 18.0. The Morgan fingerprint density at radius 1 is 1.30 bits per heavy atom. The maximum absolute atomic E-state index is 12.7. The highest BCUT2D eigenvalue weighted by atomic mass is 32.2. The van der Waals surface area contributed by atoms with Crippen molar-refractivity contribution in [2.24, 2.45) is 4.99 Å². The molecule has 0 N–H and O–H groups in total. The molecule has 4 rings (SSSR count). The van der Waals surface area contributed by atoms with Gasteiger partial charge in [-0.2, -0.15) is 4.99 Å². The predicted molar refractivity (Wildman–Crippen MR) is 99.5 cm³/mol. The summed E-state index contributed by atoms with van der Waals surface area (Å²) >= 11 is 1.38. The molecule has 0 radical (unpaired) electrons. The van der Waals surface area contributed by atoms with Crippen molar-refractivity contribution in [1.82, 2.24) is 15.0 Å². The van der Waals surface area contributed by atoms with Gasteiger partial charge >= 0.3 is 6.03 Å². The molecule has 1 fully saturated rings. The molecule has 1 aromatic rings. The van der Waals surface area contributed by atoms with E-state index in [4.69, 9.17) is 4.52 Å². The van der Waals surface area contributed by atoms with Crippen LogP contribution < -0.4 is 0 Å².